The number of nitriles is 1. The van der Waals surface area contributed by atoms with Gasteiger partial charge in [-0.1, -0.05) is 0 Å². The molecule has 82 valence electrons. The Balaban J connectivity index is 2.33. The zero-order chi connectivity index (χ0) is 12.3. The van der Waals surface area contributed by atoms with Crippen molar-refractivity contribution in [2.75, 3.05) is 0 Å². The van der Waals surface area contributed by atoms with E-state index >= 15 is 0 Å². The Morgan fingerprint density at radius 1 is 1.18 bits per heavy atom. The van der Waals surface area contributed by atoms with Gasteiger partial charge in [-0.05, 0) is 12.1 Å². The molecule has 2 aromatic rings. The molecule has 6 nitrogen and oxygen atoms in total. The quantitative estimate of drug-likeness (QED) is 0.576. The van der Waals surface area contributed by atoms with Crippen molar-refractivity contribution >= 4 is 5.69 Å². The number of rotatable bonds is 2. The van der Waals surface area contributed by atoms with Gasteiger partial charge in [-0.15, -0.1) is 0 Å². The topological polar surface area (TPSA) is 92.7 Å². The van der Waals surface area contributed by atoms with Crippen molar-refractivity contribution < 1.29 is 4.92 Å². The lowest BCUT2D eigenvalue weighted by Crippen LogP contribution is -1.91. The van der Waals surface area contributed by atoms with Crippen LogP contribution in [0.25, 0.3) is 11.4 Å². The first kappa shape index (κ1) is 10.7. The van der Waals surface area contributed by atoms with E-state index in [0.717, 1.165) is 0 Å². The lowest BCUT2D eigenvalue weighted by molar-refractivity contribution is -0.384. The predicted molar refractivity (Wildman–Crippen MR) is 58.8 cm³/mol. The van der Waals surface area contributed by atoms with Crippen LogP contribution in [0.2, 0.25) is 0 Å². The normalized spacial score (nSPS) is 9.59. The molecule has 0 aliphatic heterocycles. The van der Waals surface area contributed by atoms with Crippen LogP contribution in [0.5, 0.6) is 0 Å². The zero-order valence-electron chi connectivity index (χ0n) is 8.57. The number of nitro groups is 1. The first-order valence-electron chi connectivity index (χ1n) is 4.67. The number of hydrogen-bond acceptors (Lipinski definition) is 5. The molecule has 17 heavy (non-hydrogen) atoms. The molecule has 0 N–H and O–H groups in total. The molecule has 0 aliphatic rings. The van der Waals surface area contributed by atoms with Crippen molar-refractivity contribution in [1.82, 2.24) is 9.97 Å². The third-order valence-electron chi connectivity index (χ3n) is 2.12. The fourth-order valence-electron chi connectivity index (χ4n) is 1.27. The van der Waals surface area contributed by atoms with Crippen LogP contribution in [0, 0.1) is 21.4 Å². The molecule has 1 aromatic heterocycles. The number of non-ortho nitro benzene ring substituents is 1. The molecule has 0 atom stereocenters. The first-order valence-corrected chi connectivity index (χ1v) is 4.67. The van der Waals surface area contributed by atoms with Gasteiger partial charge in [0, 0.05) is 30.1 Å². The van der Waals surface area contributed by atoms with E-state index < -0.39 is 4.92 Å². The fourth-order valence-corrected chi connectivity index (χ4v) is 1.27. The Bertz CT molecular complexity index is 584. The van der Waals surface area contributed by atoms with E-state index in [0.29, 0.717) is 17.0 Å². The minimum Gasteiger partial charge on any atom is -0.258 e. The van der Waals surface area contributed by atoms with Crippen molar-refractivity contribution in [3.05, 3.63) is 52.3 Å². The Kier molecular flexibility index (Phi) is 2.75. The van der Waals surface area contributed by atoms with Gasteiger partial charge in [-0.2, -0.15) is 5.26 Å². The SMILES string of the molecule is N#Cc1cnc(-c2ccc([N+](=O)[O-])cc2)nc1. The summed E-state index contributed by atoms with van der Waals surface area (Å²) in [6, 6.07) is 7.82. The van der Waals surface area contributed by atoms with E-state index in [1.807, 2.05) is 6.07 Å². The Morgan fingerprint density at radius 2 is 1.76 bits per heavy atom. The van der Waals surface area contributed by atoms with Crippen LogP contribution < -0.4 is 0 Å². The largest absolute Gasteiger partial charge is 0.269 e. The highest BCUT2D eigenvalue weighted by atomic mass is 16.6. The van der Waals surface area contributed by atoms with Crippen molar-refractivity contribution in [3.63, 3.8) is 0 Å². The monoisotopic (exact) mass is 226 g/mol. The van der Waals surface area contributed by atoms with Crippen molar-refractivity contribution in [2.24, 2.45) is 0 Å². The van der Waals surface area contributed by atoms with Crippen molar-refractivity contribution in [1.29, 1.82) is 5.26 Å². The molecule has 0 fully saturated rings. The van der Waals surface area contributed by atoms with E-state index in [1.165, 1.54) is 24.5 Å². The van der Waals surface area contributed by atoms with Gasteiger partial charge in [0.1, 0.15) is 6.07 Å². The predicted octanol–water partition coefficient (Wildman–Crippen LogP) is 1.92. The maximum atomic E-state index is 10.5. The molecule has 0 amide bonds. The first-order chi connectivity index (χ1) is 8.20. The summed E-state index contributed by atoms with van der Waals surface area (Å²) in [4.78, 5) is 18.0. The second-order valence-electron chi connectivity index (χ2n) is 3.21. The number of benzene rings is 1. The van der Waals surface area contributed by atoms with Gasteiger partial charge < -0.3 is 0 Å². The van der Waals surface area contributed by atoms with Crippen LogP contribution in [0.15, 0.2) is 36.7 Å². The second-order valence-corrected chi connectivity index (χ2v) is 3.21. The lowest BCUT2D eigenvalue weighted by atomic mass is 10.2. The molecule has 0 aliphatic carbocycles. The minimum absolute atomic E-state index is 0.0161. The van der Waals surface area contributed by atoms with E-state index in [4.69, 9.17) is 5.26 Å². The van der Waals surface area contributed by atoms with Crippen molar-refractivity contribution in [2.45, 2.75) is 0 Å². The van der Waals surface area contributed by atoms with Gasteiger partial charge in [-0.25, -0.2) is 9.97 Å². The highest BCUT2D eigenvalue weighted by molar-refractivity contribution is 5.57. The van der Waals surface area contributed by atoms with Gasteiger partial charge in [0.2, 0.25) is 0 Å². The minimum atomic E-state index is -0.469. The third kappa shape index (κ3) is 2.23. The summed E-state index contributed by atoms with van der Waals surface area (Å²) < 4.78 is 0. The highest BCUT2D eigenvalue weighted by Crippen LogP contribution is 2.18. The maximum absolute atomic E-state index is 10.5. The van der Waals surface area contributed by atoms with E-state index in [9.17, 15) is 10.1 Å². The molecule has 0 bridgehead atoms. The Labute approximate surface area is 96.3 Å². The molecule has 1 aromatic carbocycles. The molecule has 0 saturated heterocycles. The van der Waals surface area contributed by atoms with Crippen LogP contribution in [0.4, 0.5) is 5.69 Å². The van der Waals surface area contributed by atoms with Crippen LogP contribution in [0.1, 0.15) is 5.56 Å². The summed E-state index contributed by atoms with van der Waals surface area (Å²) in [7, 11) is 0. The molecular formula is C11H6N4O2. The molecule has 0 saturated carbocycles. The summed E-state index contributed by atoms with van der Waals surface area (Å²) in [5.74, 6) is 0.430. The lowest BCUT2D eigenvalue weighted by Gasteiger charge is -1.98. The molecule has 0 radical (unpaired) electrons. The molecule has 1 heterocycles. The van der Waals surface area contributed by atoms with Crippen LogP contribution in [0.3, 0.4) is 0 Å². The summed E-state index contributed by atoms with van der Waals surface area (Å²) in [5.41, 5.74) is 1.05. The fraction of sp³-hybridized carbons (Fsp3) is 0. The van der Waals surface area contributed by atoms with E-state index in [1.54, 1.807) is 12.1 Å². The summed E-state index contributed by atoms with van der Waals surface area (Å²) in [5, 5.41) is 19.1. The van der Waals surface area contributed by atoms with E-state index in [-0.39, 0.29) is 5.69 Å². The third-order valence-corrected chi connectivity index (χ3v) is 2.12. The summed E-state index contributed by atoms with van der Waals surface area (Å²) >= 11 is 0. The Hall–Kier alpha value is -2.81. The van der Waals surface area contributed by atoms with Gasteiger partial charge in [-0.3, -0.25) is 10.1 Å². The average Bonchev–Trinajstić information content (AvgIpc) is 2.39. The van der Waals surface area contributed by atoms with Gasteiger partial charge >= 0.3 is 0 Å². The highest BCUT2D eigenvalue weighted by Gasteiger charge is 2.06. The molecule has 2 rings (SSSR count). The zero-order valence-corrected chi connectivity index (χ0v) is 8.57. The smallest absolute Gasteiger partial charge is 0.258 e. The van der Waals surface area contributed by atoms with Crippen LogP contribution in [-0.2, 0) is 0 Å². The summed E-state index contributed by atoms with van der Waals surface area (Å²) in [6.07, 6.45) is 2.81. The van der Waals surface area contributed by atoms with Crippen LogP contribution >= 0.6 is 0 Å². The standard InChI is InChI=1S/C11H6N4O2/c12-5-8-6-13-11(14-7-8)9-1-3-10(4-2-9)15(16)17/h1-4,6-7H. The van der Waals surface area contributed by atoms with Crippen molar-refractivity contribution in [3.8, 4) is 17.5 Å². The van der Waals surface area contributed by atoms with Gasteiger partial charge in [0.25, 0.3) is 5.69 Å². The summed E-state index contributed by atoms with van der Waals surface area (Å²) in [6.45, 7) is 0. The number of nitro benzene ring substituents is 1. The second kappa shape index (κ2) is 4.37. The molecule has 6 heteroatoms. The maximum Gasteiger partial charge on any atom is 0.269 e. The Morgan fingerprint density at radius 3 is 2.24 bits per heavy atom. The molecular weight excluding hydrogens is 220 g/mol. The molecule has 0 unspecified atom stereocenters. The molecule has 0 spiro atoms. The number of hydrogen-bond donors (Lipinski definition) is 0. The number of nitrogens with zero attached hydrogens (tertiary/aromatic N) is 4. The average molecular weight is 226 g/mol. The number of aromatic nitrogens is 2. The van der Waals surface area contributed by atoms with Crippen LogP contribution in [-0.4, -0.2) is 14.9 Å². The van der Waals surface area contributed by atoms with Gasteiger partial charge in [0.05, 0.1) is 10.5 Å². The van der Waals surface area contributed by atoms with E-state index in [2.05, 4.69) is 9.97 Å². The van der Waals surface area contributed by atoms with Gasteiger partial charge in [0.15, 0.2) is 5.82 Å².